The van der Waals surface area contributed by atoms with Crippen molar-refractivity contribution in [2.45, 2.75) is 26.7 Å². The Bertz CT molecular complexity index is 249. The first-order valence-corrected chi connectivity index (χ1v) is 4.33. The Labute approximate surface area is 74.2 Å². The van der Waals surface area contributed by atoms with Crippen LogP contribution in [0.25, 0.3) is 0 Å². The molecule has 0 spiro atoms. The summed E-state index contributed by atoms with van der Waals surface area (Å²) in [5.74, 6) is 0. The van der Waals surface area contributed by atoms with Gasteiger partial charge >= 0.3 is 0 Å². The summed E-state index contributed by atoms with van der Waals surface area (Å²) in [7, 11) is 0. The van der Waals surface area contributed by atoms with Gasteiger partial charge in [0.2, 0.25) is 0 Å². The molecule has 0 aliphatic carbocycles. The van der Waals surface area contributed by atoms with Crippen molar-refractivity contribution in [2.24, 2.45) is 0 Å². The highest BCUT2D eigenvalue weighted by molar-refractivity contribution is 5.11. The predicted octanol–water partition coefficient (Wildman–Crippen LogP) is 2.98. The van der Waals surface area contributed by atoms with Gasteiger partial charge in [0.05, 0.1) is 0 Å². The van der Waals surface area contributed by atoms with E-state index >= 15 is 0 Å². The van der Waals surface area contributed by atoms with E-state index in [0.717, 1.165) is 12.8 Å². The molecule has 0 saturated heterocycles. The molecule has 0 aromatic carbocycles. The summed E-state index contributed by atoms with van der Waals surface area (Å²) in [5, 5.41) is 0. The molecule has 0 amide bonds. The van der Waals surface area contributed by atoms with Crippen molar-refractivity contribution >= 4 is 0 Å². The van der Waals surface area contributed by atoms with E-state index in [2.05, 4.69) is 31.0 Å². The van der Waals surface area contributed by atoms with E-state index < -0.39 is 0 Å². The quantitative estimate of drug-likeness (QED) is 0.621. The molecule has 1 heterocycles. The van der Waals surface area contributed by atoms with Crippen LogP contribution in [-0.4, -0.2) is 4.98 Å². The predicted molar refractivity (Wildman–Crippen MR) is 52.0 cm³/mol. The SMILES string of the molecule is C/C=C(\C)CCc1cccnc1. The van der Waals surface area contributed by atoms with Crippen molar-refractivity contribution in [2.75, 3.05) is 0 Å². The van der Waals surface area contributed by atoms with Gasteiger partial charge in [-0.3, -0.25) is 4.98 Å². The van der Waals surface area contributed by atoms with Gasteiger partial charge in [-0.2, -0.15) is 0 Å². The zero-order valence-electron chi connectivity index (χ0n) is 7.75. The lowest BCUT2D eigenvalue weighted by molar-refractivity contribution is 0.930. The third-order valence-electron chi connectivity index (χ3n) is 2.02. The summed E-state index contributed by atoms with van der Waals surface area (Å²) in [6, 6.07) is 4.11. The molecule has 0 radical (unpaired) electrons. The third kappa shape index (κ3) is 2.87. The van der Waals surface area contributed by atoms with E-state index in [1.54, 1.807) is 0 Å². The van der Waals surface area contributed by atoms with Crippen LogP contribution in [0.1, 0.15) is 25.8 Å². The molecule has 12 heavy (non-hydrogen) atoms. The van der Waals surface area contributed by atoms with Gasteiger partial charge in [0, 0.05) is 12.4 Å². The van der Waals surface area contributed by atoms with E-state index in [0.29, 0.717) is 0 Å². The van der Waals surface area contributed by atoms with Crippen molar-refractivity contribution in [1.82, 2.24) is 4.98 Å². The number of aromatic nitrogens is 1. The number of aryl methyl sites for hydroxylation is 1. The summed E-state index contributed by atoms with van der Waals surface area (Å²) in [5.41, 5.74) is 2.76. The summed E-state index contributed by atoms with van der Waals surface area (Å²) in [6.07, 6.45) is 8.15. The van der Waals surface area contributed by atoms with Gasteiger partial charge in [-0.25, -0.2) is 0 Å². The highest BCUT2D eigenvalue weighted by atomic mass is 14.6. The lowest BCUT2D eigenvalue weighted by Crippen LogP contribution is -1.86. The zero-order valence-corrected chi connectivity index (χ0v) is 7.75. The molecule has 1 aromatic rings. The van der Waals surface area contributed by atoms with Crippen LogP contribution in [0, 0.1) is 0 Å². The van der Waals surface area contributed by atoms with Gasteiger partial charge in [-0.05, 0) is 38.3 Å². The monoisotopic (exact) mass is 161 g/mol. The summed E-state index contributed by atoms with van der Waals surface area (Å²) >= 11 is 0. The zero-order chi connectivity index (χ0) is 8.81. The van der Waals surface area contributed by atoms with E-state index in [1.807, 2.05) is 18.5 Å². The first kappa shape index (κ1) is 8.98. The van der Waals surface area contributed by atoms with E-state index in [-0.39, 0.29) is 0 Å². The minimum Gasteiger partial charge on any atom is -0.264 e. The van der Waals surface area contributed by atoms with Crippen LogP contribution in [0.2, 0.25) is 0 Å². The molecule has 0 aliphatic rings. The number of hydrogen-bond donors (Lipinski definition) is 0. The van der Waals surface area contributed by atoms with E-state index in [9.17, 15) is 0 Å². The molecule has 0 N–H and O–H groups in total. The molecule has 1 heteroatoms. The van der Waals surface area contributed by atoms with Gasteiger partial charge in [-0.1, -0.05) is 17.7 Å². The maximum Gasteiger partial charge on any atom is 0.0299 e. The largest absolute Gasteiger partial charge is 0.264 e. The van der Waals surface area contributed by atoms with Crippen LogP contribution in [0.5, 0.6) is 0 Å². The first-order valence-electron chi connectivity index (χ1n) is 4.33. The molecule has 0 atom stereocenters. The van der Waals surface area contributed by atoms with Crippen molar-refractivity contribution < 1.29 is 0 Å². The molecular weight excluding hydrogens is 146 g/mol. The Morgan fingerprint density at radius 2 is 2.42 bits per heavy atom. The first-order chi connectivity index (χ1) is 5.83. The fraction of sp³-hybridized carbons (Fsp3) is 0.364. The van der Waals surface area contributed by atoms with E-state index in [4.69, 9.17) is 0 Å². The third-order valence-corrected chi connectivity index (χ3v) is 2.02. The number of nitrogens with zero attached hydrogens (tertiary/aromatic N) is 1. The molecule has 1 rings (SSSR count). The van der Waals surface area contributed by atoms with Crippen molar-refractivity contribution in [3.8, 4) is 0 Å². The van der Waals surface area contributed by atoms with Crippen LogP contribution in [-0.2, 0) is 6.42 Å². The number of rotatable bonds is 3. The summed E-state index contributed by atoms with van der Waals surface area (Å²) in [6.45, 7) is 4.24. The van der Waals surface area contributed by atoms with Crippen LogP contribution < -0.4 is 0 Å². The number of hydrogen-bond acceptors (Lipinski definition) is 1. The number of allylic oxidation sites excluding steroid dienone is 2. The lowest BCUT2D eigenvalue weighted by Gasteiger charge is -1.99. The second kappa shape index (κ2) is 4.70. The topological polar surface area (TPSA) is 12.9 Å². The summed E-state index contributed by atoms with van der Waals surface area (Å²) < 4.78 is 0. The van der Waals surface area contributed by atoms with Gasteiger partial charge in [0.15, 0.2) is 0 Å². The molecule has 0 saturated carbocycles. The minimum absolute atomic E-state index is 1.10. The summed E-state index contributed by atoms with van der Waals surface area (Å²) in [4.78, 5) is 4.07. The van der Waals surface area contributed by atoms with Gasteiger partial charge < -0.3 is 0 Å². The van der Waals surface area contributed by atoms with Gasteiger partial charge in [-0.15, -0.1) is 0 Å². The van der Waals surface area contributed by atoms with Crippen molar-refractivity contribution in [3.63, 3.8) is 0 Å². The average Bonchev–Trinajstić information content (AvgIpc) is 2.16. The fourth-order valence-electron chi connectivity index (χ4n) is 1.03. The Balaban J connectivity index is 2.44. The Hall–Kier alpha value is -1.11. The Kier molecular flexibility index (Phi) is 3.52. The van der Waals surface area contributed by atoms with Gasteiger partial charge in [0.1, 0.15) is 0 Å². The Morgan fingerprint density at radius 1 is 1.58 bits per heavy atom. The van der Waals surface area contributed by atoms with E-state index in [1.165, 1.54) is 11.1 Å². The average molecular weight is 161 g/mol. The fourth-order valence-corrected chi connectivity index (χ4v) is 1.03. The maximum absolute atomic E-state index is 4.07. The normalized spacial score (nSPS) is 11.7. The van der Waals surface area contributed by atoms with Crippen molar-refractivity contribution in [3.05, 3.63) is 41.7 Å². The molecule has 64 valence electrons. The standard InChI is InChI=1S/C11H15N/c1-3-10(2)6-7-11-5-4-8-12-9-11/h3-5,8-9H,6-7H2,1-2H3/b10-3+. The van der Waals surface area contributed by atoms with Gasteiger partial charge in [0.25, 0.3) is 0 Å². The van der Waals surface area contributed by atoms with Crippen molar-refractivity contribution in [1.29, 1.82) is 0 Å². The molecule has 1 aromatic heterocycles. The molecule has 0 aliphatic heterocycles. The molecule has 0 bridgehead atoms. The minimum atomic E-state index is 1.10. The molecule has 0 fully saturated rings. The highest BCUT2D eigenvalue weighted by Gasteiger charge is 1.92. The van der Waals surface area contributed by atoms with Crippen LogP contribution >= 0.6 is 0 Å². The van der Waals surface area contributed by atoms with Crippen LogP contribution in [0.15, 0.2) is 36.2 Å². The second-order valence-electron chi connectivity index (χ2n) is 3.00. The van der Waals surface area contributed by atoms with Crippen LogP contribution in [0.4, 0.5) is 0 Å². The molecular formula is C11H15N. The highest BCUT2D eigenvalue weighted by Crippen LogP contribution is 2.06. The number of pyridine rings is 1. The second-order valence-corrected chi connectivity index (χ2v) is 3.00. The molecule has 1 nitrogen and oxygen atoms in total. The van der Waals surface area contributed by atoms with Crippen LogP contribution in [0.3, 0.4) is 0 Å². The lowest BCUT2D eigenvalue weighted by atomic mass is 10.1. The molecule has 0 unspecified atom stereocenters. The smallest absolute Gasteiger partial charge is 0.0299 e. The Morgan fingerprint density at radius 3 is 3.00 bits per heavy atom. The maximum atomic E-state index is 4.07.